The zero-order valence-electron chi connectivity index (χ0n) is 17.3. The summed E-state index contributed by atoms with van der Waals surface area (Å²) in [5.74, 6) is 1.49. The van der Waals surface area contributed by atoms with Gasteiger partial charge in [-0.25, -0.2) is 0 Å². The molecule has 0 saturated heterocycles. The third-order valence-corrected chi connectivity index (χ3v) is 4.81. The third kappa shape index (κ3) is 4.70. The first-order chi connectivity index (χ1) is 15.3. The molecule has 0 aliphatic rings. The molecule has 0 atom stereocenters. The van der Waals surface area contributed by atoms with E-state index in [4.69, 9.17) is 4.74 Å². The fourth-order valence-corrected chi connectivity index (χ4v) is 3.28. The van der Waals surface area contributed by atoms with E-state index < -0.39 is 0 Å². The van der Waals surface area contributed by atoms with Gasteiger partial charge in [0.1, 0.15) is 11.5 Å². The van der Waals surface area contributed by atoms with Gasteiger partial charge in [-0.1, -0.05) is 48.5 Å². The molecule has 0 fully saturated rings. The molecule has 0 saturated carbocycles. The zero-order valence-corrected chi connectivity index (χ0v) is 19.3. The minimum atomic E-state index is -0.253. The second-order valence-electron chi connectivity index (χ2n) is 6.84. The molecule has 4 aromatic carbocycles. The molecule has 0 bridgehead atoms. The van der Waals surface area contributed by atoms with Crippen LogP contribution in [0.1, 0.15) is 10.4 Å². The summed E-state index contributed by atoms with van der Waals surface area (Å²) >= 11 is 0. The maximum atomic E-state index is 12.7. The Balaban J connectivity index is 0.00000245. The Kier molecular flexibility index (Phi) is 6.61. The van der Waals surface area contributed by atoms with Gasteiger partial charge in [-0.15, -0.1) is 0 Å². The molecule has 1 aromatic heterocycles. The average Bonchev–Trinajstić information content (AvgIpc) is 3.35. The van der Waals surface area contributed by atoms with Gasteiger partial charge in [0.05, 0.1) is 0 Å². The summed E-state index contributed by atoms with van der Waals surface area (Å²) in [6.45, 7) is 0. The number of hydrogen-bond acceptors (Lipinski definition) is 5. The van der Waals surface area contributed by atoms with E-state index in [-0.39, 0.29) is 35.5 Å². The Morgan fingerprint density at radius 1 is 0.812 bits per heavy atom. The number of ether oxygens (including phenoxy) is 1. The number of tetrazole rings is 1. The van der Waals surface area contributed by atoms with Crippen LogP contribution in [0.5, 0.6) is 11.5 Å². The predicted octanol–water partition coefficient (Wildman–Crippen LogP) is 1.70. The molecule has 5 rings (SSSR count). The first kappa shape index (κ1) is 21.7. The maximum Gasteiger partial charge on any atom is 1.00 e. The van der Waals surface area contributed by atoms with Crippen molar-refractivity contribution in [3.63, 3.8) is 0 Å². The molecular formula is C24H16N5NaO2. The minimum absolute atomic E-state index is 0. The molecule has 0 unspecified atom stereocenters. The SMILES string of the molecule is O=C(Nc1ccccc1-c1nnn[n-]1)c1ccc(Oc2ccc3ccccc3c2)cc1.[Na+]. The number of carbonyl (C=O) groups excluding carboxylic acids is 1. The topological polar surface area (TPSA) is 91.1 Å². The molecule has 0 aliphatic carbocycles. The first-order valence-corrected chi connectivity index (χ1v) is 9.62. The largest absolute Gasteiger partial charge is 1.00 e. The standard InChI is InChI=1S/C24H17N5O2.Na/c30-24(25-22-8-4-3-7-21(22)23-26-28-29-27-23)17-10-12-19(13-11-17)31-20-14-9-16-5-1-2-6-18(16)15-20;/h1-15H,(H2,25,26,27,28,29,30);/q;+1/p-1. The van der Waals surface area contributed by atoms with Crippen LogP contribution in [0.4, 0.5) is 5.69 Å². The molecule has 32 heavy (non-hydrogen) atoms. The van der Waals surface area contributed by atoms with Crippen molar-refractivity contribution in [2.45, 2.75) is 0 Å². The molecule has 0 aliphatic heterocycles. The van der Waals surface area contributed by atoms with Crippen LogP contribution in [-0.4, -0.2) is 21.4 Å². The number of hydrogen-bond donors (Lipinski definition) is 1. The Labute approximate surface area is 206 Å². The van der Waals surface area contributed by atoms with Crippen LogP contribution in [-0.2, 0) is 0 Å². The summed E-state index contributed by atoms with van der Waals surface area (Å²) in [5, 5.41) is 19.9. The summed E-state index contributed by atoms with van der Waals surface area (Å²) in [7, 11) is 0. The number of nitrogens with one attached hydrogen (secondary N) is 1. The van der Waals surface area contributed by atoms with E-state index in [1.165, 1.54) is 0 Å². The Hall–Kier alpha value is -3.52. The van der Waals surface area contributed by atoms with Gasteiger partial charge in [0, 0.05) is 22.6 Å². The van der Waals surface area contributed by atoms with Crippen LogP contribution in [0.25, 0.3) is 22.2 Å². The van der Waals surface area contributed by atoms with E-state index in [1.54, 1.807) is 36.4 Å². The van der Waals surface area contributed by atoms with Crippen LogP contribution in [0, 0.1) is 0 Å². The maximum absolute atomic E-state index is 12.7. The number of para-hydroxylation sites is 1. The number of aromatic nitrogens is 4. The molecule has 1 heterocycles. The van der Waals surface area contributed by atoms with Crippen molar-refractivity contribution >= 4 is 22.4 Å². The summed E-state index contributed by atoms with van der Waals surface area (Å²) in [5.41, 5.74) is 1.73. The number of benzene rings is 4. The van der Waals surface area contributed by atoms with Gasteiger partial charge in [-0.2, -0.15) is 5.21 Å². The van der Waals surface area contributed by atoms with E-state index in [0.717, 1.165) is 16.5 Å². The number of amides is 1. The second kappa shape index (κ2) is 9.74. The van der Waals surface area contributed by atoms with Crippen molar-refractivity contribution in [1.29, 1.82) is 0 Å². The van der Waals surface area contributed by atoms with Crippen LogP contribution in [0.15, 0.2) is 91.0 Å². The van der Waals surface area contributed by atoms with Gasteiger partial charge in [-0.3, -0.25) is 15.1 Å². The molecule has 8 heteroatoms. The molecule has 0 radical (unpaired) electrons. The smallest absolute Gasteiger partial charge is 0.457 e. The van der Waals surface area contributed by atoms with E-state index in [1.807, 2.05) is 48.5 Å². The number of anilines is 1. The van der Waals surface area contributed by atoms with Gasteiger partial charge in [0.15, 0.2) is 0 Å². The molecule has 0 spiro atoms. The quantitative estimate of drug-likeness (QED) is 0.428. The molecule has 1 N–H and O–H groups in total. The monoisotopic (exact) mass is 429 g/mol. The normalized spacial score (nSPS) is 10.4. The van der Waals surface area contributed by atoms with Crippen molar-refractivity contribution in [3.8, 4) is 22.9 Å². The fourth-order valence-electron chi connectivity index (χ4n) is 3.28. The predicted molar refractivity (Wildman–Crippen MR) is 117 cm³/mol. The second-order valence-corrected chi connectivity index (χ2v) is 6.84. The molecule has 7 nitrogen and oxygen atoms in total. The summed E-state index contributed by atoms with van der Waals surface area (Å²) in [4.78, 5) is 12.7. The van der Waals surface area contributed by atoms with Crippen molar-refractivity contribution in [1.82, 2.24) is 20.6 Å². The van der Waals surface area contributed by atoms with Crippen molar-refractivity contribution < 1.29 is 39.1 Å². The minimum Gasteiger partial charge on any atom is -0.457 e. The first-order valence-electron chi connectivity index (χ1n) is 9.62. The van der Waals surface area contributed by atoms with Gasteiger partial charge in [0.2, 0.25) is 0 Å². The van der Waals surface area contributed by atoms with E-state index in [0.29, 0.717) is 28.4 Å². The molecular weight excluding hydrogens is 413 g/mol. The van der Waals surface area contributed by atoms with Crippen molar-refractivity contribution in [3.05, 3.63) is 96.6 Å². The van der Waals surface area contributed by atoms with E-state index in [2.05, 4.69) is 32.0 Å². The van der Waals surface area contributed by atoms with Crippen LogP contribution < -0.4 is 44.7 Å². The Bertz CT molecular complexity index is 1350. The van der Waals surface area contributed by atoms with Gasteiger partial charge >= 0.3 is 29.6 Å². The van der Waals surface area contributed by atoms with E-state index >= 15 is 0 Å². The van der Waals surface area contributed by atoms with Crippen molar-refractivity contribution in [2.75, 3.05) is 5.32 Å². The van der Waals surface area contributed by atoms with Crippen LogP contribution in [0.3, 0.4) is 0 Å². The number of rotatable bonds is 5. The Morgan fingerprint density at radius 3 is 2.31 bits per heavy atom. The van der Waals surface area contributed by atoms with Crippen molar-refractivity contribution in [2.24, 2.45) is 0 Å². The van der Waals surface area contributed by atoms with Crippen LogP contribution >= 0.6 is 0 Å². The van der Waals surface area contributed by atoms with Gasteiger partial charge in [-0.05, 0) is 53.2 Å². The Morgan fingerprint density at radius 2 is 1.53 bits per heavy atom. The number of carbonyl (C=O) groups is 1. The number of fused-ring (bicyclic) bond motifs is 1. The average molecular weight is 429 g/mol. The van der Waals surface area contributed by atoms with E-state index in [9.17, 15) is 4.79 Å². The molecule has 5 aromatic rings. The summed E-state index contributed by atoms with van der Waals surface area (Å²) in [6, 6.07) is 28.2. The van der Waals surface area contributed by atoms with Gasteiger partial charge < -0.3 is 15.2 Å². The van der Waals surface area contributed by atoms with Crippen LogP contribution in [0.2, 0.25) is 0 Å². The fraction of sp³-hybridized carbons (Fsp3) is 0. The third-order valence-electron chi connectivity index (χ3n) is 4.81. The van der Waals surface area contributed by atoms with Gasteiger partial charge in [0.25, 0.3) is 5.91 Å². The molecule has 1 amide bonds. The zero-order chi connectivity index (χ0) is 21.0. The molecule has 150 valence electrons. The number of nitrogens with zero attached hydrogens (tertiary/aromatic N) is 4. The summed E-state index contributed by atoms with van der Waals surface area (Å²) in [6.07, 6.45) is 0. The summed E-state index contributed by atoms with van der Waals surface area (Å²) < 4.78 is 5.95.